The predicted octanol–water partition coefficient (Wildman–Crippen LogP) is 0.300. The summed E-state index contributed by atoms with van der Waals surface area (Å²) in [5.74, 6) is 0.762. The van der Waals surface area contributed by atoms with Crippen LogP contribution in [0.4, 0.5) is 0 Å². The zero-order valence-corrected chi connectivity index (χ0v) is 16.4. The molecular formula is C18H25N3O5S. The molecule has 0 radical (unpaired) electrons. The minimum Gasteiger partial charge on any atom is -0.497 e. The highest BCUT2D eigenvalue weighted by molar-refractivity contribution is 7.89. The molecule has 148 valence electrons. The third-order valence-electron chi connectivity index (χ3n) is 5.15. The molecule has 1 aliphatic carbocycles. The van der Waals surface area contributed by atoms with Gasteiger partial charge in [-0.25, -0.2) is 8.42 Å². The molecule has 1 saturated carbocycles. The lowest BCUT2D eigenvalue weighted by molar-refractivity contribution is -0.134. The Morgan fingerprint density at radius 3 is 2.26 bits per heavy atom. The van der Waals surface area contributed by atoms with Gasteiger partial charge >= 0.3 is 0 Å². The topological polar surface area (TPSA) is 96.0 Å². The van der Waals surface area contributed by atoms with E-state index in [1.807, 2.05) is 6.92 Å². The van der Waals surface area contributed by atoms with Crippen LogP contribution in [-0.2, 0) is 19.6 Å². The van der Waals surface area contributed by atoms with Crippen LogP contribution in [0.5, 0.6) is 5.75 Å². The van der Waals surface area contributed by atoms with Crippen molar-refractivity contribution >= 4 is 21.8 Å². The van der Waals surface area contributed by atoms with Crippen LogP contribution >= 0.6 is 0 Å². The lowest BCUT2D eigenvalue weighted by Gasteiger charge is -2.34. The number of carbonyl (C=O) groups excluding carboxylic acids is 2. The average molecular weight is 395 g/mol. The Morgan fingerprint density at radius 2 is 1.74 bits per heavy atom. The van der Waals surface area contributed by atoms with E-state index in [4.69, 9.17) is 4.74 Å². The Morgan fingerprint density at radius 1 is 1.15 bits per heavy atom. The molecule has 1 N–H and O–H groups in total. The molecule has 2 aliphatic rings. The fraction of sp³-hybridized carbons (Fsp3) is 0.556. The third kappa shape index (κ3) is 4.41. The highest BCUT2D eigenvalue weighted by atomic mass is 32.2. The molecule has 0 aromatic heterocycles. The van der Waals surface area contributed by atoms with E-state index in [0.29, 0.717) is 24.8 Å². The van der Waals surface area contributed by atoms with Gasteiger partial charge in [-0.2, -0.15) is 4.31 Å². The molecule has 1 saturated heterocycles. The molecule has 0 spiro atoms. The number of hydrogen-bond acceptors (Lipinski definition) is 5. The largest absolute Gasteiger partial charge is 0.497 e. The van der Waals surface area contributed by atoms with E-state index < -0.39 is 10.0 Å². The van der Waals surface area contributed by atoms with Crippen LogP contribution in [0.1, 0.15) is 13.3 Å². The van der Waals surface area contributed by atoms with Gasteiger partial charge in [-0.15, -0.1) is 0 Å². The van der Waals surface area contributed by atoms with Gasteiger partial charge in [-0.3, -0.25) is 9.59 Å². The van der Waals surface area contributed by atoms with Crippen LogP contribution in [0.15, 0.2) is 29.2 Å². The summed E-state index contributed by atoms with van der Waals surface area (Å²) in [7, 11) is -2.08. The highest BCUT2D eigenvalue weighted by Gasteiger charge is 2.39. The van der Waals surface area contributed by atoms with Gasteiger partial charge in [-0.1, -0.05) is 6.92 Å². The van der Waals surface area contributed by atoms with Crippen LogP contribution < -0.4 is 10.1 Å². The van der Waals surface area contributed by atoms with Crippen molar-refractivity contribution in [2.45, 2.75) is 18.2 Å². The number of carbonyl (C=O) groups is 2. The van der Waals surface area contributed by atoms with Crippen molar-refractivity contribution in [3.8, 4) is 5.75 Å². The smallest absolute Gasteiger partial charge is 0.243 e. The zero-order valence-electron chi connectivity index (χ0n) is 15.6. The van der Waals surface area contributed by atoms with Crippen molar-refractivity contribution in [3.05, 3.63) is 24.3 Å². The minimum atomic E-state index is -3.60. The molecule has 2 fully saturated rings. The lowest BCUT2D eigenvalue weighted by atomic mass is 10.3. The van der Waals surface area contributed by atoms with Crippen LogP contribution in [0.2, 0.25) is 0 Å². The third-order valence-corrected chi connectivity index (χ3v) is 7.06. The number of sulfonamides is 1. The second-order valence-corrected chi connectivity index (χ2v) is 8.94. The first-order valence-electron chi connectivity index (χ1n) is 9.02. The Hall–Kier alpha value is -2.13. The van der Waals surface area contributed by atoms with Crippen LogP contribution in [0.3, 0.4) is 0 Å². The molecule has 2 atom stereocenters. The summed E-state index contributed by atoms with van der Waals surface area (Å²) >= 11 is 0. The monoisotopic (exact) mass is 395 g/mol. The molecule has 27 heavy (non-hydrogen) atoms. The summed E-state index contributed by atoms with van der Waals surface area (Å²) in [6.45, 7) is 3.05. The summed E-state index contributed by atoms with van der Waals surface area (Å²) in [4.78, 5) is 25.9. The maximum absolute atomic E-state index is 12.7. The molecule has 2 amide bonds. The van der Waals surface area contributed by atoms with Gasteiger partial charge in [0.2, 0.25) is 21.8 Å². The highest BCUT2D eigenvalue weighted by Crippen LogP contribution is 2.37. The maximum atomic E-state index is 12.7. The van der Waals surface area contributed by atoms with E-state index >= 15 is 0 Å². The Balaban J connectivity index is 1.51. The van der Waals surface area contributed by atoms with E-state index in [9.17, 15) is 18.0 Å². The van der Waals surface area contributed by atoms with Gasteiger partial charge in [0.25, 0.3) is 0 Å². The van der Waals surface area contributed by atoms with Crippen LogP contribution in [-0.4, -0.2) is 69.3 Å². The van der Waals surface area contributed by atoms with E-state index in [1.165, 1.54) is 23.5 Å². The van der Waals surface area contributed by atoms with E-state index in [2.05, 4.69) is 5.32 Å². The second-order valence-electron chi connectivity index (χ2n) is 7.00. The first-order valence-corrected chi connectivity index (χ1v) is 10.5. The zero-order chi connectivity index (χ0) is 19.6. The van der Waals surface area contributed by atoms with Crippen molar-refractivity contribution in [1.29, 1.82) is 0 Å². The Labute approximate surface area is 159 Å². The van der Waals surface area contributed by atoms with Crippen LogP contribution in [0.25, 0.3) is 0 Å². The Kier molecular flexibility index (Phi) is 5.71. The fourth-order valence-electron chi connectivity index (χ4n) is 3.17. The molecule has 1 aromatic carbocycles. The van der Waals surface area contributed by atoms with Crippen molar-refractivity contribution in [2.75, 3.05) is 39.8 Å². The van der Waals surface area contributed by atoms with Crippen LogP contribution in [0, 0.1) is 11.8 Å². The standard InChI is InChI=1S/C18H25N3O5S/c1-13-11-16(13)18(23)19-12-17(22)20-7-9-21(10-8-20)27(24,25)15-5-3-14(26-2)4-6-15/h3-6,13,16H,7-12H2,1-2H3,(H,19,23)/t13-,16-/m0/s1. The SMILES string of the molecule is COc1ccc(S(=O)(=O)N2CCN(C(=O)CNC(=O)[C@H]3C[C@@H]3C)CC2)cc1. The van der Waals surface area contributed by atoms with Gasteiger partial charge in [0.05, 0.1) is 18.6 Å². The second kappa shape index (κ2) is 7.85. The van der Waals surface area contributed by atoms with Crippen molar-refractivity contribution < 1.29 is 22.7 Å². The summed E-state index contributed by atoms with van der Waals surface area (Å²) in [6, 6.07) is 6.24. The summed E-state index contributed by atoms with van der Waals surface area (Å²) < 4.78 is 31.9. The number of nitrogens with one attached hydrogen (secondary N) is 1. The lowest BCUT2D eigenvalue weighted by Crippen LogP contribution is -2.52. The van der Waals surface area contributed by atoms with Crippen molar-refractivity contribution in [3.63, 3.8) is 0 Å². The number of benzene rings is 1. The normalized spacial score (nSPS) is 23.0. The van der Waals surface area contributed by atoms with Gasteiger partial charge < -0.3 is 15.0 Å². The van der Waals surface area contributed by atoms with E-state index in [1.54, 1.807) is 17.0 Å². The molecule has 3 rings (SSSR count). The molecule has 1 heterocycles. The molecule has 8 nitrogen and oxygen atoms in total. The first kappa shape index (κ1) is 19.6. The minimum absolute atomic E-state index is 0.0317. The summed E-state index contributed by atoms with van der Waals surface area (Å²) in [6.07, 6.45) is 0.877. The summed E-state index contributed by atoms with van der Waals surface area (Å²) in [5, 5.41) is 2.68. The van der Waals surface area contributed by atoms with Gasteiger partial charge in [0, 0.05) is 32.1 Å². The number of piperazine rings is 1. The molecule has 9 heteroatoms. The summed E-state index contributed by atoms with van der Waals surface area (Å²) in [5.41, 5.74) is 0. The van der Waals surface area contributed by atoms with E-state index in [-0.39, 0.29) is 42.3 Å². The molecule has 0 bridgehead atoms. The number of rotatable bonds is 6. The average Bonchev–Trinajstić information content (AvgIpc) is 3.42. The molecule has 0 unspecified atom stereocenters. The quantitative estimate of drug-likeness (QED) is 0.747. The van der Waals surface area contributed by atoms with E-state index in [0.717, 1.165) is 6.42 Å². The Bertz CT molecular complexity index is 801. The molecule has 1 aliphatic heterocycles. The van der Waals surface area contributed by atoms with Gasteiger partial charge in [-0.05, 0) is 36.6 Å². The van der Waals surface area contributed by atoms with Crippen molar-refractivity contribution in [1.82, 2.24) is 14.5 Å². The number of methoxy groups -OCH3 is 1. The number of amides is 2. The fourth-order valence-corrected chi connectivity index (χ4v) is 4.59. The number of hydrogen-bond donors (Lipinski definition) is 1. The number of ether oxygens (including phenoxy) is 1. The molecular weight excluding hydrogens is 370 g/mol. The van der Waals surface area contributed by atoms with Gasteiger partial charge in [0.1, 0.15) is 5.75 Å². The first-order chi connectivity index (χ1) is 12.8. The predicted molar refractivity (Wildman–Crippen MR) is 98.6 cm³/mol. The van der Waals surface area contributed by atoms with Crippen molar-refractivity contribution in [2.24, 2.45) is 11.8 Å². The number of nitrogens with zero attached hydrogens (tertiary/aromatic N) is 2. The maximum Gasteiger partial charge on any atom is 0.243 e. The molecule has 1 aromatic rings. The van der Waals surface area contributed by atoms with Gasteiger partial charge in [0.15, 0.2) is 0 Å².